The highest BCUT2D eigenvalue weighted by molar-refractivity contribution is 8.13. The van der Waals surface area contributed by atoms with Crippen LogP contribution in [-0.4, -0.2) is 69.8 Å². The van der Waals surface area contributed by atoms with Gasteiger partial charge in [-0.25, -0.2) is 0 Å². The van der Waals surface area contributed by atoms with E-state index in [0.29, 0.717) is 0 Å². The van der Waals surface area contributed by atoms with Gasteiger partial charge >= 0.3 is 17.1 Å². The highest BCUT2D eigenvalue weighted by Crippen LogP contribution is 2.37. The first-order valence-electron chi connectivity index (χ1n) is 7.90. The molecule has 11 nitrogen and oxygen atoms in total. The Kier molecular flexibility index (Phi) is 9.88. The third-order valence-electron chi connectivity index (χ3n) is 3.75. The molecule has 13 heteroatoms. The number of carbonyl (C=O) groups excluding carboxylic acids is 4. The van der Waals surface area contributed by atoms with E-state index in [1.165, 1.54) is 6.92 Å². The highest BCUT2D eigenvalue weighted by Gasteiger charge is 2.61. The summed E-state index contributed by atoms with van der Waals surface area (Å²) >= 11 is 0.746. The largest absolute Gasteiger partial charge is 0.463 e. The second-order valence-electron chi connectivity index (χ2n) is 5.96. The number of hydrogen-bond donors (Lipinski definition) is 4. The van der Waals surface area contributed by atoms with Crippen molar-refractivity contribution >= 4 is 53.0 Å². The number of ether oxygens (including phenoxy) is 3. The number of amides is 1. The van der Waals surface area contributed by atoms with Crippen LogP contribution in [0.25, 0.3) is 0 Å². The molecule has 28 heavy (non-hydrogen) atoms. The average molecular weight is 443 g/mol. The van der Waals surface area contributed by atoms with E-state index in [-0.39, 0.29) is 17.6 Å². The molecule has 0 aromatic rings. The fourth-order valence-electron chi connectivity index (χ4n) is 2.71. The van der Waals surface area contributed by atoms with Gasteiger partial charge in [0.05, 0.1) is 0 Å². The van der Waals surface area contributed by atoms with Gasteiger partial charge in [-0.1, -0.05) is 0 Å². The van der Waals surface area contributed by atoms with Gasteiger partial charge < -0.3 is 24.6 Å². The lowest BCUT2D eigenvalue weighted by molar-refractivity contribution is -0.230. The zero-order chi connectivity index (χ0) is 20.9. The molecule has 160 valence electrons. The van der Waals surface area contributed by atoms with Crippen LogP contribution in [0.15, 0.2) is 0 Å². The van der Waals surface area contributed by atoms with Crippen molar-refractivity contribution in [2.45, 2.75) is 57.0 Å². The third kappa shape index (κ3) is 6.33. The third-order valence-corrected chi connectivity index (χ3v) is 4.63. The predicted octanol–water partition coefficient (Wildman–Crippen LogP) is -2.74. The van der Waals surface area contributed by atoms with Crippen LogP contribution in [0, 0.1) is 0 Å². The Morgan fingerprint density at radius 3 is 2.18 bits per heavy atom. The van der Waals surface area contributed by atoms with Crippen molar-refractivity contribution in [2.75, 3.05) is 6.61 Å². The number of halogens is 1. The number of hydrogen-bond acceptors (Lipinski definition) is 9. The molecule has 1 fully saturated rings. The van der Waals surface area contributed by atoms with E-state index in [1.54, 1.807) is 0 Å². The summed E-state index contributed by atoms with van der Waals surface area (Å²) in [6.07, 6.45) is -2.77. The summed E-state index contributed by atoms with van der Waals surface area (Å²) in [4.78, 5) is 46.7. The Morgan fingerprint density at radius 2 is 1.79 bits per heavy atom. The molecule has 1 saturated heterocycles. The Balaban J connectivity index is 0.00000729. The van der Waals surface area contributed by atoms with E-state index in [0.717, 1.165) is 32.5 Å². The molecule has 1 heterocycles. The molecule has 0 saturated carbocycles. The molecule has 5 atom stereocenters. The summed E-state index contributed by atoms with van der Waals surface area (Å²) in [6, 6.07) is -1.35. The van der Waals surface area contributed by atoms with Crippen LogP contribution in [0.3, 0.4) is 0 Å². The molecule has 0 aromatic heterocycles. The summed E-state index contributed by atoms with van der Waals surface area (Å²) in [5, 5.41) is 19.0. The molecular weight excluding hydrogens is 418 g/mol. The normalized spacial score (nSPS) is 29.0. The van der Waals surface area contributed by atoms with E-state index in [4.69, 9.17) is 25.4 Å². The van der Waals surface area contributed by atoms with Crippen LogP contribution in [0.1, 0.15) is 27.7 Å². The highest BCUT2D eigenvalue weighted by atomic mass is 35.5. The van der Waals surface area contributed by atoms with Crippen LogP contribution >= 0.6 is 24.2 Å². The number of amidine groups is 1. The first-order valence-corrected chi connectivity index (χ1v) is 8.78. The van der Waals surface area contributed by atoms with Crippen molar-refractivity contribution in [3.63, 3.8) is 0 Å². The SMILES string of the molecule is CC(=O)N[C@H]1[C@H](SC(N)=[NH2+])O[C@H](COC(C)=O)[C@@H](OC(C)=O)[C@@]1(O)C(C)=O.Cl. The number of esters is 2. The molecule has 6 N–H and O–H groups in total. The van der Waals surface area contributed by atoms with Crippen LogP contribution < -0.4 is 16.5 Å². The standard InChI is InChI=1S/C15H23N3O8S.ClH/c1-6(19)15(23)11(18-7(2)20)13(27-14(16)17)26-10(5-24-8(3)21)12(15)25-9(4)22;/h10-13,23H,5H2,1-4H3,(H3,16,17)(H,18,20);1H/p+1/t10-,11+,12-,13+,15-;/m1./s1. The van der Waals surface area contributed by atoms with Crippen LogP contribution in [0.4, 0.5) is 0 Å². The van der Waals surface area contributed by atoms with Gasteiger partial charge in [0.1, 0.15) is 24.2 Å². The maximum absolute atomic E-state index is 12.4. The molecule has 0 radical (unpaired) electrons. The van der Waals surface area contributed by atoms with E-state index in [1.807, 2.05) is 0 Å². The minimum atomic E-state index is -2.38. The van der Waals surface area contributed by atoms with Crippen LogP contribution in [0.2, 0.25) is 0 Å². The van der Waals surface area contributed by atoms with Gasteiger partial charge in [0, 0.05) is 20.8 Å². The van der Waals surface area contributed by atoms with Gasteiger partial charge in [0.2, 0.25) is 5.91 Å². The first kappa shape index (κ1) is 26.1. The smallest absolute Gasteiger partial charge is 0.303 e. The number of nitrogens with one attached hydrogen (secondary N) is 1. The zero-order valence-corrected chi connectivity index (χ0v) is 17.4. The molecule has 1 rings (SSSR count). The maximum atomic E-state index is 12.4. The topological polar surface area (TPSA) is 180 Å². The molecule has 0 bridgehead atoms. The quantitative estimate of drug-likeness (QED) is 0.191. The minimum absolute atomic E-state index is 0. The predicted molar refractivity (Wildman–Crippen MR) is 100 cm³/mol. The van der Waals surface area contributed by atoms with Gasteiger partial charge in [-0.2, -0.15) is 0 Å². The van der Waals surface area contributed by atoms with Gasteiger partial charge in [-0.05, 0) is 18.7 Å². The number of rotatable bonds is 6. The number of carbonyl (C=O) groups is 4. The van der Waals surface area contributed by atoms with Crippen LogP contribution in [-0.2, 0) is 33.4 Å². The maximum Gasteiger partial charge on any atom is 0.303 e. The number of Topliss-reactive ketones (excluding diaryl/α,β-unsaturated/α-hetero) is 1. The molecule has 1 amide bonds. The second-order valence-corrected chi connectivity index (χ2v) is 7.13. The lowest BCUT2D eigenvalue weighted by Crippen LogP contribution is -2.74. The Bertz CT molecular complexity index is 649. The van der Waals surface area contributed by atoms with E-state index < -0.39 is 59.5 Å². The van der Waals surface area contributed by atoms with E-state index >= 15 is 0 Å². The molecule has 0 spiro atoms. The molecule has 1 aliphatic rings. The van der Waals surface area contributed by atoms with Crippen molar-refractivity contribution in [1.29, 1.82) is 0 Å². The van der Waals surface area contributed by atoms with Crippen molar-refractivity contribution < 1.29 is 43.9 Å². The number of ketones is 1. The first-order chi connectivity index (χ1) is 12.4. The Labute approximate surface area is 171 Å². The lowest BCUT2D eigenvalue weighted by Gasteiger charge is -2.49. The summed E-state index contributed by atoms with van der Waals surface area (Å²) in [5.41, 5.74) is 1.99. The molecule has 1 aliphatic heterocycles. The summed E-state index contributed by atoms with van der Waals surface area (Å²) in [6.45, 7) is 4.04. The minimum Gasteiger partial charge on any atom is -0.463 e. The van der Waals surface area contributed by atoms with Crippen LogP contribution in [0.5, 0.6) is 0 Å². The number of nitrogens with two attached hydrogens (primary N) is 2. The fourth-order valence-corrected chi connectivity index (χ4v) is 3.59. The van der Waals surface area contributed by atoms with Gasteiger partial charge in [-0.15, -0.1) is 12.4 Å². The zero-order valence-electron chi connectivity index (χ0n) is 15.8. The lowest BCUT2D eigenvalue weighted by atomic mass is 9.79. The van der Waals surface area contributed by atoms with Crippen molar-refractivity contribution in [1.82, 2.24) is 5.32 Å². The van der Waals surface area contributed by atoms with Crippen molar-refractivity contribution in [3.05, 3.63) is 0 Å². The Morgan fingerprint density at radius 1 is 1.21 bits per heavy atom. The molecular formula is C15H25ClN3O8S+. The van der Waals surface area contributed by atoms with Gasteiger partial charge in [-0.3, -0.25) is 30.3 Å². The summed E-state index contributed by atoms with van der Waals surface area (Å²) in [7, 11) is 0. The number of thioether (sulfide) groups is 1. The number of aliphatic hydroxyl groups is 1. The molecule has 0 aliphatic carbocycles. The fraction of sp³-hybridized carbons (Fsp3) is 0.667. The molecule has 0 aromatic carbocycles. The Hall–Kier alpha value is -1.89. The summed E-state index contributed by atoms with van der Waals surface area (Å²) in [5.74, 6) is -2.84. The van der Waals surface area contributed by atoms with Gasteiger partial charge in [0.15, 0.2) is 17.5 Å². The molecule has 0 unspecified atom stereocenters. The van der Waals surface area contributed by atoms with Gasteiger partial charge in [0.25, 0.3) is 0 Å². The monoisotopic (exact) mass is 442 g/mol. The van der Waals surface area contributed by atoms with Crippen molar-refractivity contribution in [3.8, 4) is 0 Å². The second kappa shape index (κ2) is 10.6. The van der Waals surface area contributed by atoms with E-state index in [2.05, 4.69) is 5.32 Å². The summed E-state index contributed by atoms with van der Waals surface area (Å²) < 4.78 is 15.7. The van der Waals surface area contributed by atoms with Crippen molar-refractivity contribution in [2.24, 2.45) is 5.73 Å². The van der Waals surface area contributed by atoms with E-state index in [9.17, 15) is 24.3 Å². The average Bonchev–Trinajstić information content (AvgIpc) is 2.50.